The Hall–Kier alpha value is -1.57. The molecule has 0 bridgehead atoms. The summed E-state index contributed by atoms with van der Waals surface area (Å²) in [5, 5.41) is 15.8. The van der Waals surface area contributed by atoms with Crippen molar-refractivity contribution in [3.63, 3.8) is 0 Å². The van der Waals surface area contributed by atoms with Gasteiger partial charge in [0.1, 0.15) is 5.41 Å². The molecule has 3 nitrogen and oxygen atoms in total. The second-order valence-corrected chi connectivity index (χ2v) is 5.30. The number of anilines is 1. The number of hydrogen-bond acceptors (Lipinski definition) is 4. The Morgan fingerprint density at radius 1 is 1.41 bits per heavy atom. The van der Waals surface area contributed by atoms with Gasteiger partial charge >= 0.3 is 0 Å². The maximum absolute atomic E-state index is 9.11. The predicted molar refractivity (Wildman–Crippen MR) is 69.2 cm³/mol. The molecule has 0 unspecified atom stereocenters. The molecule has 1 aliphatic heterocycles. The normalized spacial score (nSPS) is 17.4. The molecule has 2 heterocycles. The molecule has 0 aliphatic carbocycles. The van der Waals surface area contributed by atoms with Gasteiger partial charge in [0.15, 0.2) is 0 Å². The number of rotatable bonds is 3. The van der Waals surface area contributed by atoms with Gasteiger partial charge in [-0.25, -0.2) is 0 Å². The predicted octanol–water partition coefficient (Wildman–Crippen LogP) is 2.85. The van der Waals surface area contributed by atoms with Crippen LogP contribution in [0.3, 0.4) is 0 Å². The van der Waals surface area contributed by atoms with Crippen LogP contribution in [-0.4, -0.2) is 19.8 Å². The lowest BCUT2D eigenvalue weighted by Gasteiger charge is -2.35. The molecule has 2 aromatic rings. The first-order valence-electron chi connectivity index (χ1n) is 5.52. The molecular formula is C13H12N2OS. The van der Waals surface area contributed by atoms with Crippen LogP contribution in [0.2, 0.25) is 0 Å². The summed E-state index contributed by atoms with van der Waals surface area (Å²) in [7, 11) is 0. The van der Waals surface area contributed by atoms with Crippen LogP contribution >= 0.6 is 11.3 Å². The Morgan fingerprint density at radius 3 is 2.94 bits per heavy atom. The van der Waals surface area contributed by atoms with Crippen molar-refractivity contribution in [1.29, 1.82) is 5.26 Å². The molecule has 17 heavy (non-hydrogen) atoms. The third-order valence-corrected chi connectivity index (χ3v) is 4.06. The first kappa shape index (κ1) is 10.6. The molecule has 0 radical (unpaired) electrons. The Balaban J connectivity index is 1.79. The van der Waals surface area contributed by atoms with E-state index in [2.05, 4.69) is 28.9 Å². The number of nitrogens with zero attached hydrogens (tertiary/aromatic N) is 1. The summed E-state index contributed by atoms with van der Waals surface area (Å²) in [6.45, 7) is 1.74. The minimum atomic E-state index is -0.330. The van der Waals surface area contributed by atoms with E-state index in [1.54, 1.807) is 11.3 Å². The van der Waals surface area contributed by atoms with Crippen LogP contribution in [0.4, 0.5) is 5.69 Å². The quantitative estimate of drug-likeness (QED) is 0.903. The molecule has 0 amide bonds. The minimum Gasteiger partial charge on any atom is -0.382 e. The topological polar surface area (TPSA) is 45.0 Å². The molecule has 1 saturated heterocycles. The number of fused-ring (bicyclic) bond motifs is 1. The number of ether oxygens (including phenoxy) is 1. The zero-order valence-corrected chi connectivity index (χ0v) is 10.1. The van der Waals surface area contributed by atoms with Gasteiger partial charge < -0.3 is 10.1 Å². The number of nitrogens with one attached hydrogen (secondary N) is 1. The number of benzene rings is 1. The van der Waals surface area contributed by atoms with Crippen LogP contribution in [0.5, 0.6) is 0 Å². The lowest BCUT2D eigenvalue weighted by molar-refractivity contribution is -0.0690. The van der Waals surface area contributed by atoms with Crippen LogP contribution in [0, 0.1) is 16.7 Å². The molecule has 1 N–H and O–H groups in total. The minimum absolute atomic E-state index is 0.330. The van der Waals surface area contributed by atoms with E-state index in [1.165, 1.54) is 10.1 Å². The Labute approximate surface area is 104 Å². The highest BCUT2D eigenvalue weighted by molar-refractivity contribution is 7.17. The first-order chi connectivity index (χ1) is 8.33. The Kier molecular flexibility index (Phi) is 2.50. The summed E-state index contributed by atoms with van der Waals surface area (Å²) in [4.78, 5) is 0. The average Bonchev–Trinajstić information content (AvgIpc) is 2.72. The van der Waals surface area contributed by atoms with E-state index in [9.17, 15) is 0 Å². The van der Waals surface area contributed by atoms with Crippen LogP contribution in [-0.2, 0) is 4.74 Å². The van der Waals surface area contributed by atoms with E-state index < -0.39 is 0 Å². The summed E-state index contributed by atoms with van der Waals surface area (Å²) in [6, 6.07) is 10.6. The van der Waals surface area contributed by atoms with Gasteiger partial charge in [-0.05, 0) is 6.07 Å². The van der Waals surface area contributed by atoms with Crippen molar-refractivity contribution in [1.82, 2.24) is 0 Å². The molecule has 4 heteroatoms. The smallest absolute Gasteiger partial charge is 0.121 e. The number of hydrogen-bond donors (Lipinski definition) is 1. The van der Waals surface area contributed by atoms with Gasteiger partial charge in [0, 0.05) is 22.0 Å². The van der Waals surface area contributed by atoms with Crippen molar-refractivity contribution in [2.75, 3.05) is 25.1 Å². The highest BCUT2D eigenvalue weighted by atomic mass is 32.1. The molecule has 86 valence electrons. The average molecular weight is 244 g/mol. The maximum Gasteiger partial charge on any atom is 0.121 e. The van der Waals surface area contributed by atoms with Crippen LogP contribution in [0.25, 0.3) is 10.1 Å². The summed E-state index contributed by atoms with van der Waals surface area (Å²) in [5.74, 6) is 0. The lowest BCUT2D eigenvalue weighted by atomic mass is 9.88. The van der Waals surface area contributed by atoms with Gasteiger partial charge in [0.05, 0.1) is 25.0 Å². The van der Waals surface area contributed by atoms with Gasteiger partial charge in [0.2, 0.25) is 0 Å². The van der Waals surface area contributed by atoms with Crippen LogP contribution < -0.4 is 5.32 Å². The van der Waals surface area contributed by atoms with E-state index in [1.807, 2.05) is 12.1 Å². The molecular weight excluding hydrogens is 232 g/mol. The van der Waals surface area contributed by atoms with Gasteiger partial charge in [-0.2, -0.15) is 5.26 Å². The zero-order valence-electron chi connectivity index (χ0n) is 9.27. The van der Waals surface area contributed by atoms with Crippen molar-refractivity contribution < 1.29 is 4.74 Å². The Bertz CT molecular complexity index is 580. The summed E-state index contributed by atoms with van der Waals surface area (Å²) in [5.41, 5.74) is 0.787. The van der Waals surface area contributed by atoms with Crippen LogP contribution in [0.1, 0.15) is 0 Å². The lowest BCUT2D eigenvalue weighted by Crippen LogP contribution is -2.46. The van der Waals surface area contributed by atoms with E-state index in [0.29, 0.717) is 19.8 Å². The van der Waals surface area contributed by atoms with Gasteiger partial charge in [0.25, 0.3) is 0 Å². The third-order valence-electron chi connectivity index (χ3n) is 3.09. The highest BCUT2D eigenvalue weighted by Crippen LogP contribution is 2.32. The highest BCUT2D eigenvalue weighted by Gasteiger charge is 2.38. The molecule has 1 aliphatic rings. The second kappa shape index (κ2) is 4.02. The van der Waals surface area contributed by atoms with E-state index in [-0.39, 0.29) is 5.41 Å². The number of nitriles is 1. The first-order valence-corrected chi connectivity index (χ1v) is 6.40. The fraction of sp³-hybridized carbons (Fsp3) is 0.308. The molecule has 1 fully saturated rings. The van der Waals surface area contributed by atoms with Crippen molar-refractivity contribution in [2.24, 2.45) is 5.41 Å². The molecule has 0 spiro atoms. The Morgan fingerprint density at radius 2 is 2.24 bits per heavy atom. The van der Waals surface area contributed by atoms with E-state index in [4.69, 9.17) is 10.00 Å². The van der Waals surface area contributed by atoms with E-state index in [0.717, 1.165) is 5.69 Å². The molecule has 3 rings (SSSR count). The van der Waals surface area contributed by atoms with Gasteiger partial charge in [-0.1, -0.05) is 18.2 Å². The van der Waals surface area contributed by atoms with E-state index >= 15 is 0 Å². The second-order valence-electron chi connectivity index (χ2n) is 4.38. The van der Waals surface area contributed by atoms with Gasteiger partial charge in [-0.15, -0.1) is 11.3 Å². The zero-order chi connectivity index (χ0) is 11.7. The fourth-order valence-electron chi connectivity index (χ4n) is 1.93. The van der Waals surface area contributed by atoms with Gasteiger partial charge in [-0.3, -0.25) is 0 Å². The summed E-state index contributed by atoms with van der Waals surface area (Å²) < 4.78 is 6.40. The molecule has 1 aromatic heterocycles. The standard InChI is InChI=1S/C13H12N2OS/c14-6-13(8-16-9-13)7-15-11-5-17-12-4-2-1-3-10(11)12/h1-5,15H,7-9H2. The molecule has 0 saturated carbocycles. The summed E-state index contributed by atoms with van der Waals surface area (Å²) in [6.07, 6.45) is 0. The fourth-order valence-corrected chi connectivity index (χ4v) is 2.85. The van der Waals surface area contributed by atoms with Crippen LogP contribution in [0.15, 0.2) is 29.6 Å². The van der Waals surface area contributed by atoms with Crippen molar-refractivity contribution in [3.8, 4) is 6.07 Å². The summed E-state index contributed by atoms with van der Waals surface area (Å²) >= 11 is 1.72. The third kappa shape index (κ3) is 1.78. The monoisotopic (exact) mass is 244 g/mol. The number of thiophene rings is 1. The largest absolute Gasteiger partial charge is 0.382 e. The molecule has 0 atom stereocenters. The van der Waals surface area contributed by atoms with Crippen molar-refractivity contribution >= 4 is 27.1 Å². The maximum atomic E-state index is 9.11. The van der Waals surface area contributed by atoms with Crippen molar-refractivity contribution in [2.45, 2.75) is 0 Å². The molecule has 1 aromatic carbocycles. The van der Waals surface area contributed by atoms with Crippen molar-refractivity contribution in [3.05, 3.63) is 29.6 Å². The SMILES string of the molecule is N#CC1(CNc2csc3ccccc23)COC1.